The summed E-state index contributed by atoms with van der Waals surface area (Å²) in [5.41, 5.74) is 2.68. The van der Waals surface area contributed by atoms with Crippen LogP contribution in [0.15, 0.2) is 40.9 Å². The molecule has 26 heavy (non-hydrogen) atoms. The van der Waals surface area contributed by atoms with Crippen molar-refractivity contribution in [3.63, 3.8) is 0 Å². The number of aryl methyl sites for hydroxylation is 1. The molecule has 3 rings (SSSR count). The van der Waals surface area contributed by atoms with Gasteiger partial charge < -0.3 is 9.53 Å². The molecule has 138 valence electrons. The van der Waals surface area contributed by atoms with Crippen molar-refractivity contribution in [1.82, 2.24) is 10.6 Å². The number of aldehydes is 1. The smallest absolute Gasteiger partial charge is 0.123 e. The largest absolute Gasteiger partial charge is 0.496 e. The number of hydrogen-bond donors (Lipinski definition) is 2. The van der Waals surface area contributed by atoms with Crippen molar-refractivity contribution < 1.29 is 9.53 Å². The van der Waals surface area contributed by atoms with Gasteiger partial charge in [-0.15, -0.1) is 0 Å². The van der Waals surface area contributed by atoms with Gasteiger partial charge in [0.2, 0.25) is 0 Å². The molecule has 1 aliphatic rings. The van der Waals surface area contributed by atoms with Crippen molar-refractivity contribution in [3.05, 3.63) is 62.6 Å². The molecule has 4 nitrogen and oxygen atoms in total. The van der Waals surface area contributed by atoms with Crippen LogP contribution in [-0.2, 0) is 23.3 Å². The summed E-state index contributed by atoms with van der Waals surface area (Å²) < 4.78 is 6.50. The Morgan fingerprint density at radius 2 is 2.00 bits per heavy atom. The van der Waals surface area contributed by atoms with Gasteiger partial charge in [-0.3, -0.25) is 10.6 Å². The molecule has 2 aromatic carbocycles. The standard InChI is InChI=1S/C20H22BrClN2O2/c1-26-19-8-6-15(21)13-14(19)5-7-16-17(3-2-4-18(16)22)20(9-12-25)23-10-11-24-20/h2-4,6,8,12-13,23-24H,5,7,9-11H2,1H3. The SMILES string of the molecule is COc1ccc(Br)cc1CCc1c(Cl)cccc1C1(CC=O)NCCN1. The summed E-state index contributed by atoms with van der Waals surface area (Å²) in [6.45, 7) is 1.64. The quantitative estimate of drug-likeness (QED) is 0.646. The van der Waals surface area contributed by atoms with Gasteiger partial charge in [0.1, 0.15) is 17.7 Å². The van der Waals surface area contributed by atoms with Crippen LogP contribution in [0.5, 0.6) is 5.75 Å². The van der Waals surface area contributed by atoms with E-state index in [2.05, 4.69) is 32.6 Å². The molecule has 1 fully saturated rings. The third-order valence-corrected chi connectivity index (χ3v) is 5.68. The van der Waals surface area contributed by atoms with Crippen molar-refractivity contribution in [2.45, 2.75) is 24.9 Å². The topological polar surface area (TPSA) is 50.4 Å². The van der Waals surface area contributed by atoms with E-state index in [1.54, 1.807) is 7.11 Å². The highest BCUT2D eigenvalue weighted by Crippen LogP contribution is 2.33. The lowest BCUT2D eigenvalue weighted by molar-refractivity contribution is -0.109. The van der Waals surface area contributed by atoms with Gasteiger partial charge in [-0.05, 0) is 53.8 Å². The Morgan fingerprint density at radius 1 is 1.23 bits per heavy atom. The van der Waals surface area contributed by atoms with Crippen LogP contribution in [-0.4, -0.2) is 26.5 Å². The van der Waals surface area contributed by atoms with Gasteiger partial charge in [0.15, 0.2) is 0 Å². The van der Waals surface area contributed by atoms with Gasteiger partial charge in [0, 0.05) is 29.0 Å². The maximum atomic E-state index is 11.3. The molecular formula is C20H22BrClN2O2. The van der Waals surface area contributed by atoms with Gasteiger partial charge >= 0.3 is 0 Å². The molecule has 2 N–H and O–H groups in total. The second-order valence-corrected chi connectivity index (χ2v) is 7.67. The zero-order valence-corrected chi connectivity index (χ0v) is 17.0. The number of benzene rings is 2. The average Bonchev–Trinajstić information content (AvgIpc) is 3.10. The van der Waals surface area contributed by atoms with E-state index in [1.165, 1.54) is 0 Å². The zero-order valence-electron chi connectivity index (χ0n) is 14.6. The van der Waals surface area contributed by atoms with Gasteiger partial charge in [-0.2, -0.15) is 0 Å². The van der Waals surface area contributed by atoms with E-state index >= 15 is 0 Å². The van der Waals surface area contributed by atoms with Crippen LogP contribution in [0.3, 0.4) is 0 Å². The van der Waals surface area contributed by atoms with Crippen LogP contribution >= 0.6 is 27.5 Å². The highest BCUT2D eigenvalue weighted by molar-refractivity contribution is 9.10. The number of hydrogen-bond acceptors (Lipinski definition) is 4. The number of rotatable bonds is 7. The maximum Gasteiger partial charge on any atom is 0.123 e. The van der Waals surface area contributed by atoms with Crippen molar-refractivity contribution in [3.8, 4) is 5.75 Å². The van der Waals surface area contributed by atoms with E-state index in [0.29, 0.717) is 6.42 Å². The molecule has 1 saturated heterocycles. The maximum absolute atomic E-state index is 11.3. The molecule has 0 aromatic heterocycles. The van der Waals surface area contributed by atoms with Gasteiger partial charge in [0.25, 0.3) is 0 Å². The molecule has 1 aliphatic heterocycles. The van der Waals surface area contributed by atoms with Crippen LogP contribution in [0.4, 0.5) is 0 Å². The third-order valence-electron chi connectivity index (χ3n) is 4.83. The van der Waals surface area contributed by atoms with E-state index < -0.39 is 5.66 Å². The lowest BCUT2D eigenvalue weighted by Gasteiger charge is -2.31. The lowest BCUT2D eigenvalue weighted by Crippen LogP contribution is -2.47. The number of ether oxygens (including phenoxy) is 1. The fourth-order valence-electron chi connectivity index (χ4n) is 3.60. The summed E-state index contributed by atoms with van der Waals surface area (Å²) in [5.74, 6) is 0.863. The highest BCUT2D eigenvalue weighted by atomic mass is 79.9. The molecular weight excluding hydrogens is 416 g/mol. The summed E-state index contributed by atoms with van der Waals surface area (Å²) in [4.78, 5) is 11.3. The summed E-state index contributed by atoms with van der Waals surface area (Å²) in [5, 5.41) is 7.62. The van der Waals surface area contributed by atoms with Crippen molar-refractivity contribution in [1.29, 1.82) is 0 Å². The monoisotopic (exact) mass is 436 g/mol. The second-order valence-electron chi connectivity index (χ2n) is 6.35. The summed E-state index contributed by atoms with van der Waals surface area (Å²) >= 11 is 10.1. The minimum Gasteiger partial charge on any atom is -0.496 e. The minimum atomic E-state index is -0.538. The minimum absolute atomic E-state index is 0.362. The lowest BCUT2D eigenvalue weighted by atomic mass is 9.89. The van der Waals surface area contributed by atoms with Gasteiger partial charge in [-0.25, -0.2) is 0 Å². The van der Waals surface area contributed by atoms with E-state index in [1.807, 2.05) is 30.3 Å². The highest BCUT2D eigenvalue weighted by Gasteiger charge is 2.36. The Kier molecular flexibility index (Phi) is 6.35. The molecule has 0 unspecified atom stereocenters. The molecule has 6 heteroatoms. The molecule has 2 aromatic rings. The molecule has 0 radical (unpaired) electrons. The first-order valence-corrected chi connectivity index (χ1v) is 9.81. The van der Waals surface area contributed by atoms with Crippen LogP contribution in [0.1, 0.15) is 23.1 Å². The first-order chi connectivity index (χ1) is 12.6. The van der Waals surface area contributed by atoms with E-state index in [0.717, 1.165) is 64.2 Å². The molecule has 0 bridgehead atoms. The molecule has 0 atom stereocenters. The first kappa shape index (κ1) is 19.4. The molecule has 0 spiro atoms. The van der Waals surface area contributed by atoms with Gasteiger partial charge in [-0.1, -0.05) is 39.7 Å². The number of carbonyl (C=O) groups is 1. The van der Waals surface area contributed by atoms with Crippen molar-refractivity contribution in [2.24, 2.45) is 0 Å². The fourth-order valence-corrected chi connectivity index (χ4v) is 4.28. The fraction of sp³-hybridized carbons (Fsp3) is 0.350. The number of halogens is 2. The molecule has 0 saturated carbocycles. The Bertz CT molecular complexity index is 791. The van der Waals surface area contributed by atoms with Crippen LogP contribution in [0.2, 0.25) is 5.02 Å². The average molecular weight is 438 g/mol. The zero-order chi connectivity index (χ0) is 18.6. The Hall–Kier alpha value is -1.40. The first-order valence-electron chi connectivity index (χ1n) is 8.63. The Morgan fingerprint density at radius 3 is 2.69 bits per heavy atom. The number of methoxy groups -OCH3 is 1. The number of carbonyl (C=O) groups excluding carboxylic acids is 1. The van der Waals surface area contributed by atoms with Gasteiger partial charge in [0.05, 0.1) is 7.11 Å². The normalized spacial score (nSPS) is 15.8. The van der Waals surface area contributed by atoms with Crippen molar-refractivity contribution in [2.75, 3.05) is 20.2 Å². The Labute approximate surface area is 167 Å². The molecule has 1 heterocycles. The predicted octanol–water partition coefficient (Wildman–Crippen LogP) is 3.83. The summed E-state index contributed by atoms with van der Waals surface area (Å²) in [7, 11) is 1.68. The Balaban J connectivity index is 1.93. The summed E-state index contributed by atoms with van der Waals surface area (Å²) in [6.07, 6.45) is 2.86. The van der Waals surface area contributed by atoms with Crippen LogP contribution < -0.4 is 15.4 Å². The van der Waals surface area contributed by atoms with Crippen LogP contribution in [0, 0.1) is 0 Å². The third kappa shape index (κ3) is 3.96. The van der Waals surface area contributed by atoms with Crippen LogP contribution in [0.25, 0.3) is 0 Å². The second kappa shape index (κ2) is 8.53. The van der Waals surface area contributed by atoms with E-state index in [9.17, 15) is 4.79 Å². The molecule has 0 aliphatic carbocycles. The number of nitrogens with one attached hydrogen (secondary N) is 2. The molecule has 0 amide bonds. The predicted molar refractivity (Wildman–Crippen MR) is 108 cm³/mol. The van der Waals surface area contributed by atoms with Crippen molar-refractivity contribution >= 4 is 33.8 Å². The van der Waals surface area contributed by atoms with E-state index in [4.69, 9.17) is 16.3 Å². The van der Waals surface area contributed by atoms with E-state index in [-0.39, 0.29) is 0 Å². The summed E-state index contributed by atoms with van der Waals surface area (Å²) in [6, 6.07) is 11.9.